The molecule has 0 saturated heterocycles. The Bertz CT molecular complexity index is 277. The fraction of sp³-hybridized carbons (Fsp3) is 1.00. The van der Waals surface area contributed by atoms with Crippen molar-refractivity contribution in [1.29, 1.82) is 0 Å². The molecular formula is C27H69AlO9TbY. The van der Waals surface area contributed by atoms with Crippen molar-refractivity contribution in [2.45, 2.75) is 180 Å². The summed E-state index contributed by atoms with van der Waals surface area (Å²) in [6, 6.07) is 0. The minimum absolute atomic E-state index is 0. The van der Waals surface area contributed by atoms with Gasteiger partial charge in [0.05, 0.1) is 0 Å². The van der Waals surface area contributed by atoms with Crippen molar-refractivity contribution < 1.29 is 113 Å². The molecule has 0 bridgehead atoms. The zero-order chi connectivity index (χ0) is 31.9. The molecule has 9 nitrogen and oxygen atoms in total. The Morgan fingerprint density at radius 3 is 0.462 bits per heavy atom. The van der Waals surface area contributed by atoms with Gasteiger partial charge in [0.2, 0.25) is 0 Å². The first kappa shape index (κ1) is 64.5. The van der Waals surface area contributed by atoms with E-state index in [0.717, 1.165) is 0 Å². The molecule has 39 heavy (non-hydrogen) atoms. The Morgan fingerprint density at radius 2 is 0.410 bits per heavy atom. The van der Waals surface area contributed by atoms with Gasteiger partial charge in [-0.3, -0.25) is 0 Å². The molecule has 246 valence electrons. The van der Waals surface area contributed by atoms with E-state index >= 15 is 0 Å². The number of rotatable bonds is 6. The van der Waals surface area contributed by atoms with E-state index in [-0.39, 0.29) is 126 Å². The van der Waals surface area contributed by atoms with Crippen LogP contribution in [0, 0.1) is 38.6 Å². The second-order valence-corrected chi connectivity index (χ2v) is 11.8. The maximum atomic E-state index is 8.06. The minimum Gasteiger partial charge on any atom is -0.452 e. The summed E-state index contributed by atoms with van der Waals surface area (Å²) in [7, 11) is 0. The summed E-state index contributed by atoms with van der Waals surface area (Å²) in [4.78, 5) is 0. The molecule has 0 aliphatic rings. The predicted molar refractivity (Wildman–Crippen MR) is 159 cm³/mol. The predicted octanol–water partition coefficient (Wildman–Crippen LogP) is 4.57. The first-order valence-corrected chi connectivity index (χ1v) is 14.8. The van der Waals surface area contributed by atoms with Crippen LogP contribution in [0.25, 0.3) is 0 Å². The molecule has 0 rings (SSSR count). The van der Waals surface area contributed by atoms with E-state index in [9.17, 15) is 0 Å². The minimum atomic E-state index is -1.91. The zero-order valence-corrected chi connectivity index (χ0v) is 34.7. The summed E-state index contributed by atoms with van der Waals surface area (Å²) in [6.45, 7) is 32.6. The van der Waals surface area contributed by atoms with Crippen LogP contribution in [0.3, 0.4) is 0 Å². The summed E-state index contributed by atoms with van der Waals surface area (Å²) in [5.41, 5.74) is 0. The summed E-state index contributed by atoms with van der Waals surface area (Å²) in [6.07, 6.45) is -0.475. The van der Waals surface area contributed by atoms with E-state index in [4.69, 9.17) is 42.0 Å². The van der Waals surface area contributed by atoms with Crippen molar-refractivity contribution in [1.82, 2.24) is 0 Å². The second kappa shape index (κ2) is 50.2. The van der Waals surface area contributed by atoms with Gasteiger partial charge >= 0.3 is 15.1 Å². The van der Waals surface area contributed by atoms with E-state index in [2.05, 4.69) is 0 Å². The van der Waals surface area contributed by atoms with Gasteiger partial charge in [0.15, 0.2) is 0 Å². The normalized spacial score (nSPS) is 9.46. The maximum absolute atomic E-state index is 8.06. The molecule has 12 heteroatoms. The molecule has 0 aromatic carbocycles. The van der Waals surface area contributed by atoms with Crippen LogP contribution >= 0.6 is 0 Å². The Kier molecular flexibility index (Phi) is 83.0. The number of aliphatic hydroxyl groups is 6. The molecule has 0 aliphatic heterocycles. The third-order valence-corrected chi connectivity index (χ3v) is 3.45. The van der Waals surface area contributed by atoms with Crippen molar-refractivity contribution in [3.63, 3.8) is 0 Å². The summed E-state index contributed by atoms with van der Waals surface area (Å²) in [5.74, 6) is 0. The van der Waals surface area contributed by atoms with E-state index < -0.39 is 15.1 Å². The van der Waals surface area contributed by atoms with Crippen molar-refractivity contribution in [2.24, 2.45) is 0 Å². The third kappa shape index (κ3) is 284. The van der Waals surface area contributed by atoms with Crippen LogP contribution in [-0.4, -0.2) is 101 Å². The topological polar surface area (TPSA) is 149 Å². The molecule has 0 unspecified atom stereocenters. The number of hydrogen-bond acceptors (Lipinski definition) is 9. The van der Waals surface area contributed by atoms with Crippen molar-refractivity contribution in [2.75, 3.05) is 0 Å². The molecule has 0 aliphatic carbocycles. The molecule has 0 heterocycles. The van der Waals surface area contributed by atoms with Gasteiger partial charge < -0.3 is 42.0 Å². The van der Waals surface area contributed by atoms with E-state index in [1.165, 1.54) is 0 Å². The second-order valence-electron chi connectivity index (χ2n) is 10.4. The van der Waals surface area contributed by atoms with Crippen molar-refractivity contribution in [3.05, 3.63) is 0 Å². The molecular weight excluding hydrogens is 743 g/mol. The van der Waals surface area contributed by atoms with Crippen LogP contribution in [0.1, 0.15) is 125 Å². The van der Waals surface area contributed by atoms with Gasteiger partial charge in [0, 0.05) is 126 Å². The van der Waals surface area contributed by atoms with E-state index in [0.29, 0.717) is 0 Å². The monoisotopic (exact) mass is 812 g/mol. The molecule has 0 fully saturated rings. The average Bonchev–Trinajstić information content (AvgIpc) is 2.48. The maximum Gasteiger partial charge on any atom is 0.906 e. The van der Waals surface area contributed by atoms with Gasteiger partial charge in [0.1, 0.15) is 0 Å². The summed E-state index contributed by atoms with van der Waals surface area (Å²) >= 11 is -1.91. The summed E-state index contributed by atoms with van der Waals surface area (Å²) < 4.78 is 16.7. The molecule has 0 atom stereocenters. The molecule has 0 aromatic rings. The van der Waals surface area contributed by atoms with E-state index in [1.54, 1.807) is 83.1 Å². The molecule has 0 spiro atoms. The van der Waals surface area contributed by atoms with Crippen LogP contribution in [0.5, 0.6) is 0 Å². The van der Waals surface area contributed by atoms with Gasteiger partial charge in [-0.1, -0.05) is 0 Å². The fourth-order valence-electron chi connectivity index (χ4n) is 0.763. The molecule has 0 aromatic heterocycles. The largest absolute Gasteiger partial charge is 0.906 e. The van der Waals surface area contributed by atoms with Crippen molar-refractivity contribution in [3.8, 4) is 0 Å². The average molecular weight is 813 g/mol. The Hall–Kier alpha value is 2.56. The van der Waals surface area contributed by atoms with Gasteiger partial charge in [-0.15, -0.1) is 0 Å². The van der Waals surface area contributed by atoms with Crippen LogP contribution in [0.2, 0.25) is 0 Å². The first-order valence-electron chi connectivity index (χ1n) is 13.4. The van der Waals surface area contributed by atoms with Crippen LogP contribution in [0.4, 0.5) is 0 Å². The first-order chi connectivity index (χ1) is 16.3. The van der Waals surface area contributed by atoms with Gasteiger partial charge in [-0.05, 0) is 125 Å². The number of aliphatic hydroxyl groups excluding tert-OH is 6. The van der Waals surface area contributed by atoms with Crippen molar-refractivity contribution >= 4 is 15.1 Å². The van der Waals surface area contributed by atoms with Gasteiger partial charge in [0.25, 0.3) is 0 Å². The third-order valence-electron chi connectivity index (χ3n) is 1.15. The van der Waals surface area contributed by atoms with Crippen LogP contribution in [0.15, 0.2) is 0 Å². The zero-order valence-electron chi connectivity index (χ0n) is 28.6. The fourth-order valence-corrected chi connectivity index (χ4v) is 2.29. The summed E-state index contributed by atoms with van der Waals surface area (Å²) in [5, 5.41) is 48.3. The Balaban J connectivity index is -0.0000000418. The molecule has 0 amide bonds. The Labute approximate surface area is 304 Å². The van der Waals surface area contributed by atoms with Gasteiger partial charge in [-0.2, -0.15) is 0 Å². The standard InChI is InChI=1S/6C3H8O.3C3H7O.Al.Tb.Y/c9*1-3(2)4;;;/h6*3-4H,1-2H3;3*3H,1-2H3;;;/q;;;;;;3*-1;+3;;. The molecule has 0 saturated carbocycles. The molecule has 6 N–H and O–H groups in total. The van der Waals surface area contributed by atoms with E-state index in [1.807, 2.05) is 41.5 Å². The SMILES string of the molecule is CC(C)O.CC(C)O.CC(C)O.CC(C)O.CC(C)O.CC(C)O.CC(C)[O][Al]([O]C(C)C)[O]C(C)C.[Tb].[Y]. The van der Waals surface area contributed by atoms with Gasteiger partial charge in [-0.25, -0.2) is 0 Å². The number of hydrogen-bond donors (Lipinski definition) is 6. The van der Waals surface area contributed by atoms with Crippen LogP contribution in [-0.2, 0) is 44.1 Å². The van der Waals surface area contributed by atoms with Crippen LogP contribution < -0.4 is 0 Å². The smallest absolute Gasteiger partial charge is 0.452 e. The Morgan fingerprint density at radius 1 is 0.333 bits per heavy atom. The molecule has 2 radical (unpaired) electrons. The quantitative estimate of drug-likeness (QED) is 0.213.